The molecule has 100 valence electrons. The van der Waals surface area contributed by atoms with E-state index in [1.54, 1.807) is 6.07 Å². The maximum atomic E-state index is 13.3. The van der Waals surface area contributed by atoms with Gasteiger partial charge in [0, 0.05) is 6.07 Å². The highest BCUT2D eigenvalue weighted by Gasteiger charge is 2.25. The molecule has 2 N–H and O–H groups in total. The maximum Gasteiger partial charge on any atom is 0.143 e. The summed E-state index contributed by atoms with van der Waals surface area (Å²) in [4.78, 5) is 0. The normalized spacial score (nSPS) is 28.1. The van der Waals surface area contributed by atoms with Gasteiger partial charge in [-0.1, -0.05) is 13.8 Å². The van der Waals surface area contributed by atoms with Crippen LogP contribution >= 0.6 is 15.9 Å². The first-order valence-electron chi connectivity index (χ1n) is 6.37. The minimum absolute atomic E-state index is 0.184. The maximum absolute atomic E-state index is 13.3. The molecule has 1 aromatic rings. The molecule has 1 aliphatic carbocycles. The predicted octanol–water partition coefficient (Wildman–Crippen LogP) is 4.37. The lowest BCUT2D eigenvalue weighted by Crippen LogP contribution is -2.28. The predicted molar refractivity (Wildman–Crippen MR) is 75.1 cm³/mol. The third kappa shape index (κ3) is 3.16. The van der Waals surface area contributed by atoms with Crippen molar-refractivity contribution < 1.29 is 9.13 Å². The molecule has 4 heteroatoms. The Hall–Kier alpha value is -0.770. The highest BCUT2D eigenvalue weighted by Crippen LogP contribution is 2.34. The second kappa shape index (κ2) is 5.47. The van der Waals surface area contributed by atoms with Crippen LogP contribution < -0.4 is 10.5 Å². The van der Waals surface area contributed by atoms with Crippen LogP contribution in [0.25, 0.3) is 0 Å². The van der Waals surface area contributed by atoms with Gasteiger partial charge in [-0.3, -0.25) is 0 Å². The van der Waals surface area contributed by atoms with Gasteiger partial charge in [0.2, 0.25) is 0 Å². The van der Waals surface area contributed by atoms with Crippen LogP contribution in [0.1, 0.15) is 33.1 Å². The molecule has 2 unspecified atom stereocenters. The standard InChI is InChI=1S/C14H19BrFNO/c1-8-3-9(2)5-10(4-8)18-14-6-11(15)12(16)7-13(14)17/h6-10H,3-5,17H2,1-2H3. The van der Waals surface area contributed by atoms with E-state index in [1.165, 1.54) is 12.5 Å². The van der Waals surface area contributed by atoms with Gasteiger partial charge in [-0.2, -0.15) is 0 Å². The zero-order valence-electron chi connectivity index (χ0n) is 10.7. The summed E-state index contributed by atoms with van der Waals surface area (Å²) in [6, 6.07) is 2.92. The molecular formula is C14H19BrFNO. The molecule has 1 aliphatic rings. The minimum Gasteiger partial charge on any atom is -0.488 e. The van der Waals surface area contributed by atoms with Gasteiger partial charge in [0.1, 0.15) is 11.6 Å². The summed E-state index contributed by atoms with van der Waals surface area (Å²) >= 11 is 3.16. The van der Waals surface area contributed by atoms with Gasteiger partial charge in [0.25, 0.3) is 0 Å². The van der Waals surface area contributed by atoms with E-state index in [1.807, 2.05) is 0 Å². The van der Waals surface area contributed by atoms with Gasteiger partial charge >= 0.3 is 0 Å². The number of hydrogen-bond acceptors (Lipinski definition) is 2. The van der Waals surface area contributed by atoms with Crippen molar-refractivity contribution in [3.05, 3.63) is 22.4 Å². The van der Waals surface area contributed by atoms with Crippen LogP contribution in [-0.4, -0.2) is 6.10 Å². The summed E-state index contributed by atoms with van der Waals surface area (Å²) in [5, 5.41) is 0. The zero-order valence-corrected chi connectivity index (χ0v) is 12.3. The number of ether oxygens (including phenoxy) is 1. The Balaban J connectivity index is 2.11. The molecule has 0 saturated heterocycles. The summed E-state index contributed by atoms with van der Waals surface area (Å²) in [5.74, 6) is 1.56. The second-order valence-electron chi connectivity index (χ2n) is 5.46. The van der Waals surface area contributed by atoms with Gasteiger partial charge in [0.15, 0.2) is 0 Å². The summed E-state index contributed by atoms with van der Waals surface area (Å²) < 4.78 is 19.6. The molecule has 18 heavy (non-hydrogen) atoms. The fraction of sp³-hybridized carbons (Fsp3) is 0.571. The lowest BCUT2D eigenvalue weighted by Gasteiger charge is -2.32. The highest BCUT2D eigenvalue weighted by atomic mass is 79.9. The van der Waals surface area contributed by atoms with Crippen molar-refractivity contribution in [2.24, 2.45) is 11.8 Å². The first-order chi connectivity index (χ1) is 8.45. The molecule has 0 spiro atoms. The van der Waals surface area contributed by atoms with E-state index < -0.39 is 0 Å². The molecule has 0 amide bonds. The van der Waals surface area contributed by atoms with E-state index in [2.05, 4.69) is 29.8 Å². The highest BCUT2D eigenvalue weighted by molar-refractivity contribution is 9.10. The van der Waals surface area contributed by atoms with Gasteiger partial charge in [0.05, 0.1) is 16.3 Å². The quantitative estimate of drug-likeness (QED) is 0.822. The number of halogens is 2. The summed E-state index contributed by atoms with van der Waals surface area (Å²) in [6.07, 6.45) is 3.52. The van der Waals surface area contributed by atoms with Crippen LogP contribution in [0, 0.1) is 17.7 Å². The number of nitrogen functional groups attached to an aromatic ring is 1. The number of hydrogen-bond donors (Lipinski definition) is 1. The fourth-order valence-electron chi connectivity index (χ4n) is 2.79. The summed E-state index contributed by atoms with van der Waals surface area (Å²) in [6.45, 7) is 4.49. The fourth-order valence-corrected chi connectivity index (χ4v) is 3.12. The van der Waals surface area contributed by atoms with Gasteiger partial charge in [-0.05, 0) is 53.1 Å². The third-order valence-corrected chi connectivity index (χ3v) is 4.09. The summed E-state index contributed by atoms with van der Waals surface area (Å²) in [5.41, 5.74) is 6.15. The molecule has 2 rings (SSSR count). The van der Waals surface area contributed by atoms with Crippen LogP contribution in [0.3, 0.4) is 0 Å². The number of benzene rings is 1. The van der Waals surface area contributed by atoms with Crippen molar-refractivity contribution in [2.45, 2.75) is 39.2 Å². The second-order valence-corrected chi connectivity index (χ2v) is 6.32. The SMILES string of the molecule is CC1CC(C)CC(Oc2cc(Br)c(F)cc2N)C1. The molecule has 0 heterocycles. The Kier molecular flexibility index (Phi) is 4.15. The van der Waals surface area contributed by atoms with E-state index in [9.17, 15) is 4.39 Å². The first kappa shape index (κ1) is 13.7. The molecule has 1 aromatic carbocycles. The molecule has 0 aromatic heterocycles. The largest absolute Gasteiger partial charge is 0.488 e. The molecule has 1 fully saturated rings. The lowest BCUT2D eigenvalue weighted by molar-refractivity contribution is 0.102. The van der Waals surface area contributed by atoms with Gasteiger partial charge in [-0.15, -0.1) is 0 Å². The van der Waals surface area contributed by atoms with E-state index in [-0.39, 0.29) is 11.9 Å². The van der Waals surface area contributed by atoms with Crippen molar-refractivity contribution in [1.82, 2.24) is 0 Å². The third-order valence-electron chi connectivity index (χ3n) is 3.48. The topological polar surface area (TPSA) is 35.2 Å². The van der Waals surface area contributed by atoms with Crippen molar-refractivity contribution in [2.75, 3.05) is 5.73 Å². The lowest BCUT2D eigenvalue weighted by atomic mass is 9.82. The number of nitrogens with two attached hydrogens (primary N) is 1. The van der Waals surface area contributed by atoms with Crippen molar-refractivity contribution in [3.8, 4) is 5.75 Å². The van der Waals surface area contributed by atoms with E-state index in [4.69, 9.17) is 10.5 Å². The Labute approximate surface area is 116 Å². The first-order valence-corrected chi connectivity index (χ1v) is 7.16. The minimum atomic E-state index is -0.356. The molecular weight excluding hydrogens is 297 g/mol. The smallest absolute Gasteiger partial charge is 0.143 e. The Bertz CT molecular complexity index is 428. The van der Waals surface area contributed by atoms with Crippen LogP contribution in [0.15, 0.2) is 16.6 Å². The average Bonchev–Trinajstić information content (AvgIpc) is 2.24. The Morgan fingerprint density at radius 1 is 1.22 bits per heavy atom. The molecule has 1 saturated carbocycles. The molecule has 2 atom stereocenters. The monoisotopic (exact) mass is 315 g/mol. The molecule has 0 aliphatic heterocycles. The van der Waals surface area contributed by atoms with Crippen LogP contribution in [-0.2, 0) is 0 Å². The van der Waals surface area contributed by atoms with Crippen molar-refractivity contribution in [1.29, 1.82) is 0 Å². The van der Waals surface area contributed by atoms with Crippen molar-refractivity contribution in [3.63, 3.8) is 0 Å². The van der Waals surface area contributed by atoms with Crippen molar-refractivity contribution >= 4 is 21.6 Å². The molecule has 0 bridgehead atoms. The Morgan fingerprint density at radius 3 is 2.44 bits per heavy atom. The number of anilines is 1. The van der Waals surface area contributed by atoms with E-state index in [0.29, 0.717) is 27.7 Å². The van der Waals surface area contributed by atoms with Gasteiger partial charge in [-0.25, -0.2) is 4.39 Å². The summed E-state index contributed by atoms with van der Waals surface area (Å²) in [7, 11) is 0. The van der Waals surface area contributed by atoms with Gasteiger partial charge < -0.3 is 10.5 Å². The average molecular weight is 316 g/mol. The van der Waals surface area contributed by atoms with Crippen LogP contribution in [0.5, 0.6) is 5.75 Å². The van der Waals surface area contributed by atoms with E-state index in [0.717, 1.165) is 12.8 Å². The number of rotatable bonds is 2. The molecule has 2 nitrogen and oxygen atoms in total. The van der Waals surface area contributed by atoms with E-state index >= 15 is 0 Å². The molecule has 0 radical (unpaired) electrons. The Morgan fingerprint density at radius 2 is 1.83 bits per heavy atom. The van der Waals surface area contributed by atoms with Crippen LogP contribution in [0.2, 0.25) is 0 Å². The van der Waals surface area contributed by atoms with Crippen LogP contribution in [0.4, 0.5) is 10.1 Å². The zero-order chi connectivity index (χ0) is 13.3.